The van der Waals surface area contributed by atoms with Gasteiger partial charge in [-0.05, 0) is 24.3 Å². The van der Waals surface area contributed by atoms with Gasteiger partial charge in [0.25, 0.3) is 0 Å². The minimum Gasteiger partial charge on any atom is -0.444 e. The maximum Gasteiger partial charge on any atom is 0.416 e. The van der Waals surface area contributed by atoms with Gasteiger partial charge in [-0.2, -0.15) is 13.2 Å². The van der Waals surface area contributed by atoms with Crippen molar-refractivity contribution in [3.8, 4) is 11.5 Å². The number of oxazole rings is 1. The Bertz CT molecular complexity index is 546. The summed E-state index contributed by atoms with van der Waals surface area (Å²) in [7, 11) is 0. The fourth-order valence-electron chi connectivity index (χ4n) is 1.57. The second kappa shape index (κ2) is 5.05. The van der Waals surface area contributed by atoms with Crippen LogP contribution in [0.1, 0.15) is 24.1 Å². The SMILES string of the molecule is CC(CN)c1coc(-c2ccc(C(F)(F)F)cc2)n1. The summed E-state index contributed by atoms with van der Waals surface area (Å²) < 4.78 is 42.5. The second-order valence-corrected chi connectivity index (χ2v) is 4.29. The first-order valence-corrected chi connectivity index (χ1v) is 5.75. The van der Waals surface area contributed by atoms with Crippen molar-refractivity contribution in [2.24, 2.45) is 5.73 Å². The molecule has 1 aromatic carbocycles. The highest BCUT2D eigenvalue weighted by molar-refractivity contribution is 5.54. The Hall–Kier alpha value is -1.82. The second-order valence-electron chi connectivity index (χ2n) is 4.29. The lowest BCUT2D eigenvalue weighted by atomic mass is 10.1. The Labute approximate surface area is 108 Å². The first kappa shape index (κ1) is 13.6. The van der Waals surface area contributed by atoms with Crippen molar-refractivity contribution in [3.05, 3.63) is 41.8 Å². The van der Waals surface area contributed by atoms with Gasteiger partial charge in [0.2, 0.25) is 5.89 Å². The van der Waals surface area contributed by atoms with Gasteiger partial charge >= 0.3 is 6.18 Å². The molecule has 6 heteroatoms. The number of hydrogen-bond acceptors (Lipinski definition) is 3. The molecule has 102 valence electrons. The Balaban J connectivity index is 2.25. The van der Waals surface area contributed by atoms with Crippen LogP contribution in [-0.4, -0.2) is 11.5 Å². The van der Waals surface area contributed by atoms with Crippen molar-refractivity contribution in [2.75, 3.05) is 6.54 Å². The number of hydrogen-bond donors (Lipinski definition) is 1. The molecular weight excluding hydrogens is 257 g/mol. The third kappa shape index (κ3) is 2.96. The minimum absolute atomic E-state index is 0.0481. The first-order chi connectivity index (χ1) is 8.91. The molecule has 2 rings (SSSR count). The van der Waals surface area contributed by atoms with E-state index in [9.17, 15) is 13.2 Å². The van der Waals surface area contributed by atoms with Crippen LogP contribution in [0.5, 0.6) is 0 Å². The topological polar surface area (TPSA) is 52.0 Å². The van der Waals surface area contributed by atoms with Crippen LogP contribution in [0.25, 0.3) is 11.5 Å². The summed E-state index contributed by atoms with van der Waals surface area (Å²) in [6.07, 6.45) is -2.86. The molecule has 0 saturated carbocycles. The maximum atomic E-state index is 12.4. The van der Waals surface area contributed by atoms with Crippen molar-refractivity contribution in [2.45, 2.75) is 19.0 Å². The van der Waals surface area contributed by atoms with Crippen LogP contribution in [0.3, 0.4) is 0 Å². The van der Waals surface area contributed by atoms with Crippen molar-refractivity contribution in [1.29, 1.82) is 0 Å². The van der Waals surface area contributed by atoms with Gasteiger partial charge in [-0.1, -0.05) is 6.92 Å². The predicted octanol–water partition coefficient (Wildman–Crippen LogP) is 3.42. The number of aromatic nitrogens is 1. The molecule has 0 bridgehead atoms. The average molecular weight is 270 g/mol. The van der Waals surface area contributed by atoms with Crippen LogP contribution in [0.15, 0.2) is 34.9 Å². The van der Waals surface area contributed by atoms with Gasteiger partial charge in [0, 0.05) is 18.0 Å². The Kier molecular flexibility index (Phi) is 3.61. The monoisotopic (exact) mass is 270 g/mol. The molecule has 0 radical (unpaired) electrons. The summed E-state index contributed by atoms with van der Waals surface area (Å²) in [6, 6.07) is 4.69. The lowest BCUT2D eigenvalue weighted by Crippen LogP contribution is -2.08. The summed E-state index contributed by atoms with van der Waals surface area (Å²) in [5.41, 5.74) is 6.01. The van der Waals surface area contributed by atoms with Crippen LogP contribution >= 0.6 is 0 Å². The summed E-state index contributed by atoms with van der Waals surface area (Å²) in [6.45, 7) is 2.33. The largest absolute Gasteiger partial charge is 0.444 e. The number of alkyl halides is 3. The van der Waals surface area contributed by atoms with Crippen LogP contribution in [0.4, 0.5) is 13.2 Å². The van der Waals surface area contributed by atoms with E-state index >= 15 is 0 Å². The smallest absolute Gasteiger partial charge is 0.416 e. The zero-order chi connectivity index (χ0) is 14.0. The van der Waals surface area contributed by atoms with E-state index < -0.39 is 11.7 Å². The number of halogens is 3. The van der Waals surface area contributed by atoms with Crippen LogP contribution in [0, 0.1) is 0 Å². The van der Waals surface area contributed by atoms with E-state index in [4.69, 9.17) is 10.2 Å². The van der Waals surface area contributed by atoms with Gasteiger partial charge < -0.3 is 10.2 Å². The average Bonchev–Trinajstić information content (AvgIpc) is 2.86. The minimum atomic E-state index is -4.34. The van der Waals surface area contributed by atoms with Crippen LogP contribution in [-0.2, 0) is 6.18 Å². The molecule has 19 heavy (non-hydrogen) atoms. The molecule has 3 nitrogen and oxygen atoms in total. The summed E-state index contributed by atoms with van der Waals surface area (Å²) >= 11 is 0. The van der Waals surface area contributed by atoms with E-state index in [0.29, 0.717) is 23.7 Å². The lowest BCUT2D eigenvalue weighted by Gasteiger charge is -2.06. The normalized spacial score (nSPS) is 13.5. The fourth-order valence-corrected chi connectivity index (χ4v) is 1.57. The summed E-state index contributed by atoms with van der Waals surface area (Å²) in [5.74, 6) is 0.343. The van der Waals surface area contributed by atoms with Crippen molar-refractivity contribution >= 4 is 0 Å². The van der Waals surface area contributed by atoms with Crippen molar-refractivity contribution < 1.29 is 17.6 Å². The van der Waals surface area contributed by atoms with E-state index in [0.717, 1.165) is 12.1 Å². The van der Waals surface area contributed by atoms with Gasteiger partial charge in [0.1, 0.15) is 6.26 Å². The third-order valence-electron chi connectivity index (χ3n) is 2.84. The molecular formula is C13H13F3N2O. The predicted molar refractivity (Wildman–Crippen MR) is 64.4 cm³/mol. The fraction of sp³-hybridized carbons (Fsp3) is 0.308. The highest BCUT2D eigenvalue weighted by atomic mass is 19.4. The molecule has 0 fully saturated rings. The molecule has 0 aliphatic rings. The molecule has 0 amide bonds. The number of rotatable bonds is 3. The third-order valence-corrected chi connectivity index (χ3v) is 2.84. The molecule has 1 heterocycles. The molecule has 0 spiro atoms. The molecule has 0 aliphatic heterocycles. The quantitative estimate of drug-likeness (QED) is 0.929. The van der Waals surface area contributed by atoms with Gasteiger partial charge in [0.05, 0.1) is 11.3 Å². The standard InChI is InChI=1S/C13H13F3N2O/c1-8(6-17)11-7-19-12(18-11)9-2-4-10(5-3-9)13(14,15)16/h2-5,7-8H,6,17H2,1H3. The van der Waals surface area contributed by atoms with E-state index in [1.165, 1.54) is 18.4 Å². The Morgan fingerprint density at radius 2 is 1.89 bits per heavy atom. The molecule has 0 saturated heterocycles. The van der Waals surface area contributed by atoms with Crippen LogP contribution in [0.2, 0.25) is 0 Å². The molecule has 0 aliphatic carbocycles. The van der Waals surface area contributed by atoms with E-state index in [-0.39, 0.29) is 5.92 Å². The molecule has 1 aromatic heterocycles. The maximum absolute atomic E-state index is 12.4. The first-order valence-electron chi connectivity index (χ1n) is 5.75. The van der Waals surface area contributed by atoms with E-state index in [2.05, 4.69) is 4.98 Å². The van der Waals surface area contributed by atoms with Gasteiger partial charge in [-0.15, -0.1) is 0 Å². The van der Waals surface area contributed by atoms with Crippen molar-refractivity contribution in [1.82, 2.24) is 4.98 Å². The number of benzene rings is 1. The highest BCUT2D eigenvalue weighted by Crippen LogP contribution is 2.31. The van der Waals surface area contributed by atoms with Crippen LogP contribution < -0.4 is 5.73 Å². The Morgan fingerprint density at radius 1 is 1.26 bits per heavy atom. The zero-order valence-electron chi connectivity index (χ0n) is 10.2. The molecule has 2 N–H and O–H groups in total. The van der Waals surface area contributed by atoms with Gasteiger partial charge in [-0.3, -0.25) is 0 Å². The highest BCUT2D eigenvalue weighted by Gasteiger charge is 2.30. The number of nitrogens with zero attached hydrogens (tertiary/aromatic N) is 1. The molecule has 2 aromatic rings. The molecule has 1 unspecified atom stereocenters. The van der Waals surface area contributed by atoms with E-state index in [1.54, 1.807) is 0 Å². The summed E-state index contributed by atoms with van der Waals surface area (Å²) in [5, 5.41) is 0. The van der Waals surface area contributed by atoms with Gasteiger partial charge in [-0.25, -0.2) is 4.98 Å². The lowest BCUT2D eigenvalue weighted by molar-refractivity contribution is -0.137. The summed E-state index contributed by atoms with van der Waals surface area (Å²) in [4.78, 5) is 4.22. The van der Waals surface area contributed by atoms with Gasteiger partial charge in [0.15, 0.2) is 0 Å². The Morgan fingerprint density at radius 3 is 2.42 bits per heavy atom. The zero-order valence-corrected chi connectivity index (χ0v) is 10.2. The number of nitrogens with two attached hydrogens (primary N) is 1. The van der Waals surface area contributed by atoms with E-state index in [1.807, 2.05) is 6.92 Å². The molecule has 1 atom stereocenters. The van der Waals surface area contributed by atoms with Crippen molar-refractivity contribution in [3.63, 3.8) is 0 Å².